The minimum atomic E-state index is -0.421. The fourth-order valence-corrected chi connectivity index (χ4v) is 1.32. The Morgan fingerprint density at radius 1 is 0.800 bits per heavy atom. The summed E-state index contributed by atoms with van der Waals surface area (Å²) < 4.78 is 19.9. The first-order chi connectivity index (χ1) is 9.65. The lowest BCUT2D eigenvalue weighted by molar-refractivity contribution is -0.146. The van der Waals surface area contributed by atoms with E-state index < -0.39 is 11.9 Å². The molecule has 20 heavy (non-hydrogen) atoms. The Morgan fingerprint density at radius 3 is 1.45 bits per heavy atom. The Hall–Kier alpha value is -2.24. The van der Waals surface area contributed by atoms with Crippen LogP contribution in [0.3, 0.4) is 0 Å². The van der Waals surface area contributed by atoms with Crippen LogP contribution in [0.1, 0.15) is 13.8 Å². The zero-order chi connectivity index (χ0) is 14.8. The van der Waals surface area contributed by atoms with Crippen molar-refractivity contribution in [3.05, 3.63) is 24.3 Å². The van der Waals surface area contributed by atoms with Gasteiger partial charge in [0, 0.05) is 0 Å². The van der Waals surface area contributed by atoms with Gasteiger partial charge in [-0.15, -0.1) is 0 Å². The highest BCUT2D eigenvalue weighted by atomic mass is 16.6. The quantitative estimate of drug-likeness (QED) is 0.674. The molecule has 0 radical (unpaired) electrons. The van der Waals surface area contributed by atoms with Gasteiger partial charge in [0.2, 0.25) is 0 Å². The lowest BCUT2D eigenvalue weighted by Gasteiger charge is -2.08. The Balaban J connectivity index is 2.36. The summed E-state index contributed by atoms with van der Waals surface area (Å²) in [6.07, 6.45) is 0. The van der Waals surface area contributed by atoms with Gasteiger partial charge in [-0.2, -0.15) is 0 Å². The first-order valence-corrected chi connectivity index (χ1v) is 6.32. The summed E-state index contributed by atoms with van der Waals surface area (Å²) in [5, 5.41) is 0. The van der Waals surface area contributed by atoms with Crippen molar-refractivity contribution in [3.63, 3.8) is 0 Å². The molecule has 0 spiro atoms. The molecule has 1 aromatic carbocycles. The monoisotopic (exact) mass is 282 g/mol. The number of benzene rings is 1. The Labute approximate surface area is 117 Å². The molecule has 0 aliphatic rings. The van der Waals surface area contributed by atoms with Gasteiger partial charge in [-0.05, 0) is 38.1 Å². The summed E-state index contributed by atoms with van der Waals surface area (Å²) in [6, 6.07) is 6.55. The molecule has 6 heteroatoms. The second-order valence-electron chi connectivity index (χ2n) is 3.66. The summed E-state index contributed by atoms with van der Waals surface area (Å²) in [7, 11) is 0. The molecule has 0 atom stereocenters. The molecule has 0 aliphatic carbocycles. The average molecular weight is 282 g/mol. The van der Waals surface area contributed by atoms with Crippen molar-refractivity contribution in [1.82, 2.24) is 0 Å². The first-order valence-electron chi connectivity index (χ1n) is 6.32. The topological polar surface area (TPSA) is 71.1 Å². The van der Waals surface area contributed by atoms with Crippen LogP contribution in [0.25, 0.3) is 0 Å². The molecule has 6 nitrogen and oxygen atoms in total. The zero-order valence-electron chi connectivity index (χ0n) is 11.6. The van der Waals surface area contributed by atoms with Crippen LogP contribution in [-0.4, -0.2) is 38.4 Å². The fraction of sp³-hybridized carbons (Fsp3) is 0.429. The van der Waals surface area contributed by atoms with Gasteiger partial charge in [0.15, 0.2) is 13.2 Å². The predicted octanol–water partition coefficient (Wildman–Crippen LogP) is 1.57. The Morgan fingerprint density at radius 2 is 1.15 bits per heavy atom. The van der Waals surface area contributed by atoms with Crippen LogP contribution in [0.5, 0.6) is 11.5 Å². The standard InChI is InChI=1S/C14H18O6/c1-3-17-13(15)9-19-11-5-7-12(8-6-11)20-10-14(16)18-4-2/h5-8H,3-4,9-10H2,1-2H3. The van der Waals surface area contributed by atoms with Gasteiger partial charge in [-0.25, -0.2) is 9.59 Å². The molecule has 0 saturated heterocycles. The normalized spacial score (nSPS) is 9.70. The molecule has 0 unspecified atom stereocenters. The number of carbonyl (C=O) groups is 2. The van der Waals surface area contributed by atoms with Gasteiger partial charge in [0.25, 0.3) is 0 Å². The third-order valence-corrected chi connectivity index (χ3v) is 2.15. The van der Waals surface area contributed by atoms with Crippen molar-refractivity contribution in [2.45, 2.75) is 13.8 Å². The van der Waals surface area contributed by atoms with Crippen LogP contribution in [0, 0.1) is 0 Å². The molecule has 0 aromatic heterocycles. The van der Waals surface area contributed by atoms with E-state index in [2.05, 4.69) is 0 Å². The highest BCUT2D eigenvalue weighted by Gasteiger charge is 2.05. The third-order valence-electron chi connectivity index (χ3n) is 2.15. The summed E-state index contributed by atoms with van der Waals surface area (Å²) in [6.45, 7) is 3.82. The molecule has 110 valence electrons. The van der Waals surface area contributed by atoms with E-state index >= 15 is 0 Å². The largest absolute Gasteiger partial charge is 0.482 e. The molecule has 0 fully saturated rings. The fourth-order valence-electron chi connectivity index (χ4n) is 1.32. The lowest BCUT2D eigenvalue weighted by Crippen LogP contribution is -2.15. The number of hydrogen-bond acceptors (Lipinski definition) is 6. The van der Waals surface area contributed by atoms with Crippen molar-refractivity contribution < 1.29 is 28.5 Å². The summed E-state index contributed by atoms with van der Waals surface area (Å²) >= 11 is 0. The van der Waals surface area contributed by atoms with Crippen LogP contribution in [0.15, 0.2) is 24.3 Å². The molecule has 0 amide bonds. The molecular weight excluding hydrogens is 264 g/mol. The molecule has 0 heterocycles. The van der Waals surface area contributed by atoms with E-state index in [-0.39, 0.29) is 13.2 Å². The first kappa shape index (κ1) is 15.8. The minimum absolute atomic E-state index is 0.142. The maximum absolute atomic E-state index is 11.1. The van der Waals surface area contributed by atoms with Gasteiger partial charge in [0.1, 0.15) is 11.5 Å². The van der Waals surface area contributed by atoms with Gasteiger partial charge in [-0.3, -0.25) is 0 Å². The number of carbonyl (C=O) groups excluding carboxylic acids is 2. The summed E-state index contributed by atoms with van der Waals surface area (Å²) in [4.78, 5) is 22.2. The predicted molar refractivity (Wildman–Crippen MR) is 70.7 cm³/mol. The molecule has 0 saturated carbocycles. The van der Waals surface area contributed by atoms with Crippen LogP contribution in [0.4, 0.5) is 0 Å². The van der Waals surface area contributed by atoms with Crippen molar-refractivity contribution in [1.29, 1.82) is 0 Å². The summed E-state index contributed by atoms with van der Waals surface area (Å²) in [5.41, 5.74) is 0. The Kier molecular flexibility index (Phi) is 6.95. The van der Waals surface area contributed by atoms with Gasteiger partial charge < -0.3 is 18.9 Å². The second kappa shape index (κ2) is 8.79. The smallest absolute Gasteiger partial charge is 0.344 e. The lowest BCUT2D eigenvalue weighted by atomic mass is 10.3. The minimum Gasteiger partial charge on any atom is -0.482 e. The van der Waals surface area contributed by atoms with Crippen LogP contribution >= 0.6 is 0 Å². The Bertz CT molecular complexity index is 385. The van der Waals surface area contributed by atoms with E-state index in [4.69, 9.17) is 18.9 Å². The van der Waals surface area contributed by atoms with Crippen LogP contribution in [0.2, 0.25) is 0 Å². The van der Waals surface area contributed by atoms with Crippen molar-refractivity contribution >= 4 is 11.9 Å². The van der Waals surface area contributed by atoms with E-state index in [0.717, 1.165) is 0 Å². The van der Waals surface area contributed by atoms with E-state index in [1.807, 2.05) is 0 Å². The maximum atomic E-state index is 11.1. The number of hydrogen-bond donors (Lipinski definition) is 0. The van der Waals surface area contributed by atoms with E-state index in [9.17, 15) is 9.59 Å². The summed E-state index contributed by atoms with van der Waals surface area (Å²) in [5.74, 6) is 0.188. The van der Waals surface area contributed by atoms with Crippen LogP contribution in [-0.2, 0) is 19.1 Å². The second-order valence-corrected chi connectivity index (χ2v) is 3.66. The average Bonchev–Trinajstić information content (AvgIpc) is 2.45. The highest BCUT2D eigenvalue weighted by Crippen LogP contribution is 2.17. The number of esters is 2. The molecule has 1 aromatic rings. The molecular formula is C14H18O6. The zero-order valence-corrected chi connectivity index (χ0v) is 11.6. The van der Waals surface area contributed by atoms with Gasteiger partial charge in [0.05, 0.1) is 13.2 Å². The molecule has 0 bridgehead atoms. The van der Waals surface area contributed by atoms with E-state index in [0.29, 0.717) is 24.7 Å². The van der Waals surface area contributed by atoms with Crippen molar-refractivity contribution in [2.24, 2.45) is 0 Å². The van der Waals surface area contributed by atoms with Gasteiger partial charge in [-0.1, -0.05) is 0 Å². The van der Waals surface area contributed by atoms with Crippen molar-refractivity contribution in [2.75, 3.05) is 26.4 Å². The van der Waals surface area contributed by atoms with Crippen molar-refractivity contribution in [3.8, 4) is 11.5 Å². The van der Waals surface area contributed by atoms with E-state index in [1.165, 1.54) is 0 Å². The van der Waals surface area contributed by atoms with E-state index in [1.54, 1.807) is 38.1 Å². The van der Waals surface area contributed by atoms with Gasteiger partial charge >= 0.3 is 11.9 Å². The highest BCUT2D eigenvalue weighted by molar-refractivity contribution is 5.71. The maximum Gasteiger partial charge on any atom is 0.344 e. The van der Waals surface area contributed by atoms with Crippen LogP contribution < -0.4 is 9.47 Å². The SMILES string of the molecule is CCOC(=O)COc1ccc(OCC(=O)OCC)cc1. The third kappa shape index (κ3) is 6.08. The molecule has 0 N–H and O–H groups in total. The molecule has 0 aliphatic heterocycles. The number of rotatable bonds is 8. The number of ether oxygens (including phenoxy) is 4. The molecule has 1 rings (SSSR count).